The standard InChI is InChI=1S/C25H35FN2O3S/c1-3-13-32-14-12-28-11-9-18(19(17-28)15-25(29)30)4-6-23(26)21-8-10-27-24-7-5-20(31-2)16-22(21)24/h5,7-8,10,16,18-19,23H,3-4,6,9,11-15,17H2,1-2H3,(H,29,30)/t18-,19+,23+/m1/s1. The van der Waals surface area contributed by atoms with Crippen molar-refractivity contribution in [2.45, 2.75) is 45.2 Å². The Hall–Kier alpha value is -1.86. The highest BCUT2D eigenvalue weighted by molar-refractivity contribution is 7.99. The molecule has 0 amide bonds. The van der Waals surface area contributed by atoms with Crippen LogP contribution < -0.4 is 4.74 Å². The van der Waals surface area contributed by atoms with Crippen LogP contribution >= 0.6 is 11.8 Å². The smallest absolute Gasteiger partial charge is 0.303 e. The highest BCUT2D eigenvalue weighted by Crippen LogP contribution is 2.36. The highest BCUT2D eigenvalue weighted by atomic mass is 32.2. The third-order valence-electron chi connectivity index (χ3n) is 6.42. The molecule has 1 aliphatic heterocycles. The molecule has 0 spiro atoms. The van der Waals surface area contributed by atoms with Crippen LogP contribution in [-0.4, -0.2) is 59.2 Å². The number of halogens is 1. The predicted molar refractivity (Wildman–Crippen MR) is 129 cm³/mol. The van der Waals surface area contributed by atoms with E-state index in [0.29, 0.717) is 24.2 Å². The quantitative estimate of drug-likeness (QED) is 0.415. The van der Waals surface area contributed by atoms with E-state index in [0.717, 1.165) is 42.7 Å². The van der Waals surface area contributed by atoms with Gasteiger partial charge in [0, 0.05) is 36.8 Å². The van der Waals surface area contributed by atoms with Crippen molar-refractivity contribution in [2.75, 3.05) is 38.2 Å². The molecule has 5 nitrogen and oxygen atoms in total. The van der Waals surface area contributed by atoms with E-state index >= 15 is 4.39 Å². The molecule has 1 aromatic carbocycles. The number of benzene rings is 1. The first kappa shape index (κ1) is 24.8. The molecule has 0 aliphatic carbocycles. The molecule has 0 saturated carbocycles. The second-order valence-electron chi connectivity index (χ2n) is 8.65. The van der Waals surface area contributed by atoms with E-state index in [1.165, 1.54) is 12.2 Å². The summed E-state index contributed by atoms with van der Waals surface area (Å²) in [6.45, 7) is 4.96. The number of hydrogen-bond donors (Lipinski definition) is 1. The average molecular weight is 463 g/mol. The van der Waals surface area contributed by atoms with E-state index in [2.05, 4.69) is 16.8 Å². The van der Waals surface area contributed by atoms with Crippen molar-refractivity contribution in [3.8, 4) is 5.75 Å². The SMILES string of the molecule is CCCSCCN1CC[C@@H](CC[C@H](F)c2ccnc3ccc(OC)cc23)[C@@H](CC(=O)O)C1. The molecule has 1 aliphatic rings. The molecular formula is C25H35FN2O3S. The number of methoxy groups -OCH3 is 1. The number of aromatic nitrogens is 1. The van der Waals surface area contributed by atoms with Crippen molar-refractivity contribution >= 4 is 28.6 Å². The molecule has 7 heteroatoms. The molecular weight excluding hydrogens is 427 g/mol. The maximum absolute atomic E-state index is 15.4. The normalized spacial score (nSPS) is 20.3. The number of aliphatic carboxylic acids is 1. The third kappa shape index (κ3) is 6.82. The number of alkyl halides is 1. The van der Waals surface area contributed by atoms with Crippen LogP contribution in [0, 0.1) is 11.8 Å². The lowest BCUT2D eigenvalue weighted by molar-refractivity contribution is -0.139. The number of ether oxygens (including phenoxy) is 1. The Morgan fingerprint density at radius 3 is 2.94 bits per heavy atom. The van der Waals surface area contributed by atoms with Crippen LogP contribution in [0.5, 0.6) is 5.75 Å². The minimum atomic E-state index is -1.11. The minimum absolute atomic E-state index is 0.0823. The number of likely N-dealkylation sites (tertiary alicyclic amines) is 1. The van der Waals surface area contributed by atoms with Crippen molar-refractivity contribution in [1.82, 2.24) is 9.88 Å². The van der Waals surface area contributed by atoms with Crippen LogP contribution in [0.25, 0.3) is 10.9 Å². The zero-order valence-corrected chi connectivity index (χ0v) is 20.0. The summed E-state index contributed by atoms with van der Waals surface area (Å²) in [5, 5.41) is 10.2. The van der Waals surface area contributed by atoms with Gasteiger partial charge in [-0.15, -0.1) is 0 Å². The van der Waals surface area contributed by atoms with Crippen LogP contribution in [-0.2, 0) is 4.79 Å². The van der Waals surface area contributed by atoms with Gasteiger partial charge in [0.25, 0.3) is 0 Å². The van der Waals surface area contributed by atoms with Crippen LogP contribution in [0.4, 0.5) is 4.39 Å². The highest BCUT2D eigenvalue weighted by Gasteiger charge is 2.31. The van der Waals surface area contributed by atoms with Gasteiger partial charge in [-0.3, -0.25) is 9.78 Å². The molecule has 0 radical (unpaired) electrons. The molecule has 1 N–H and O–H groups in total. The average Bonchev–Trinajstić information content (AvgIpc) is 2.80. The molecule has 3 atom stereocenters. The van der Waals surface area contributed by atoms with Crippen molar-refractivity contribution in [3.63, 3.8) is 0 Å². The van der Waals surface area contributed by atoms with E-state index in [9.17, 15) is 9.90 Å². The maximum atomic E-state index is 15.4. The van der Waals surface area contributed by atoms with Gasteiger partial charge in [-0.05, 0) is 79.6 Å². The maximum Gasteiger partial charge on any atom is 0.303 e. The summed E-state index contributed by atoms with van der Waals surface area (Å²) in [5.41, 5.74) is 1.39. The minimum Gasteiger partial charge on any atom is -0.497 e. The Kier molecular flexibility index (Phi) is 9.60. The number of carboxylic acid groups (broad SMARTS) is 1. The largest absolute Gasteiger partial charge is 0.497 e. The zero-order chi connectivity index (χ0) is 22.9. The number of fused-ring (bicyclic) bond motifs is 1. The van der Waals surface area contributed by atoms with Crippen molar-refractivity contribution in [1.29, 1.82) is 0 Å². The van der Waals surface area contributed by atoms with Crippen LogP contribution in [0.15, 0.2) is 30.5 Å². The zero-order valence-electron chi connectivity index (χ0n) is 19.1. The first-order chi connectivity index (χ1) is 15.5. The van der Waals surface area contributed by atoms with Gasteiger partial charge < -0.3 is 14.7 Å². The fourth-order valence-electron chi connectivity index (χ4n) is 4.70. The summed E-state index contributed by atoms with van der Waals surface area (Å²) in [6.07, 6.45) is 3.91. The first-order valence-electron chi connectivity index (χ1n) is 11.6. The van der Waals surface area contributed by atoms with E-state index in [1.807, 2.05) is 30.0 Å². The van der Waals surface area contributed by atoms with Crippen molar-refractivity contribution in [2.24, 2.45) is 11.8 Å². The molecule has 2 heterocycles. The summed E-state index contributed by atoms with van der Waals surface area (Å²) in [7, 11) is 1.60. The number of hydrogen-bond acceptors (Lipinski definition) is 5. The summed E-state index contributed by atoms with van der Waals surface area (Å²) in [6, 6.07) is 7.27. The van der Waals surface area contributed by atoms with Gasteiger partial charge in [-0.2, -0.15) is 11.8 Å². The summed E-state index contributed by atoms with van der Waals surface area (Å²) in [5.74, 6) is 2.51. The number of carboxylic acids is 1. The van der Waals surface area contributed by atoms with Gasteiger partial charge in [0.2, 0.25) is 0 Å². The monoisotopic (exact) mass is 462 g/mol. The van der Waals surface area contributed by atoms with E-state index < -0.39 is 12.1 Å². The van der Waals surface area contributed by atoms with Crippen molar-refractivity contribution in [3.05, 3.63) is 36.0 Å². The number of thioether (sulfide) groups is 1. The lowest BCUT2D eigenvalue weighted by Gasteiger charge is -2.38. The molecule has 3 rings (SSSR count). The van der Waals surface area contributed by atoms with Gasteiger partial charge in [-0.25, -0.2) is 4.39 Å². The van der Waals surface area contributed by atoms with Gasteiger partial charge in [0.05, 0.1) is 12.6 Å². The summed E-state index contributed by atoms with van der Waals surface area (Å²) >= 11 is 1.96. The summed E-state index contributed by atoms with van der Waals surface area (Å²) in [4.78, 5) is 18.2. The third-order valence-corrected chi connectivity index (χ3v) is 7.59. The second-order valence-corrected chi connectivity index (χ2v) is 9.87. The Balaban J connectivity index is 1.62. The first-order valence-corrected chi connectivity index (χ1v) is 12.8. The molecule has 0 bridgehead atoms. The second kappa shape index (κ2) is 12.4. The van der Waals surface area contributed by atoms with E-state index in [1.54, 1.807) is 19.4 Å². The van der Waals surface area contributed by atoms with Gasteiger partial charge in [0.15, 0.2) is 0 Å². The molecule has 176 valence electrons. The number of pyridine rings is 1. The topological polar surface area (TPSA) is 62.7 Å². The fourth-order valence-corrected chi connectivity index (χ4v) is 5.58. The van der Waals surface area contributed by atoms with Crippen LogP contribution in [0.2, 0.25) is 0 Å². The van der Waals surface area contributed by atoms with Gasteiger partial charge in [-0.1, -0.05) is 6.92 Å². The number of carbonyl (C=O) groups is 1. The Morgan fingerprint density at radius 2 is 2.19 bits per heavy atom. The Morgan fingerprint density at radius 1 is 1.34 bits per heavy atom. The van der Waals surface area contributed by atoms with Crippen LogP contribution in [0.1, 0.15) is 50.8 Å². The predicted octanol–water partition coefficient (Wildman–Crippen LogP) is 5.59. The van der Waals surface area contributed by atoms with Crippen LogP contribution in [0.3, 0.4) is 0 Å². The molecule has 2 aromatic rings. The molecule has 1 aromatic heterocycles. The Labute approximate surface area is 194 Å². The molecule has 1 saturated heterocycles. The molecule has 32 heavy (non-hydrogen) atoms. The molecule has 0 unspecified atom stereocenters. The number of rotatable bonds is 12. The molecule has 1 fully saturated rings. The van der Waals surface area contributed by atoms with E-state index in [-0.39, 0.29) is 18.3 Å². The number of piperidine rings is 1. The fraction of sp³-hybridized carbons (Fsp3) is 0.600. The summed E-state index contributed by atoms with van der Waals surface area (Å²) < 4.78 is 20.7. The lowest BCUT2D eigenvalue weighted by Crippen LogP contribution is -2.42. The van der Waals surface area contributed by atoms with Gasteiger partial charge >= 0.3 is 5.97 Å². The van der Waals surface area contributed by atoms with Crippen molar-refractivity contribution < 1.29 is 19.0 Å². The lowest BCUT2D eigenvalue weighted by atomic mass is 9.79. The van der Waals surface area contributed by atoms with E-state index in [4.69, 9.17) is 4.74 Å². The van der Waals surface area contributed by atoms with Gasteiger partial charge in [0.1, 0.15) is 11.9 Å². The number of nitrogens with zero attached hydrogens (tertiary/aromatic N) is 2. The Bertz CT molecular complexity index is 881.